The van der Waals surface area contributed by atoms with Gasteiger partial charge in [0.2, 0.25) is 0 Å². The Morgan fingerprint density at radius 2 is 2.11 bits per heavy atom. The number of nitrogens with one attached hydrogen (secondary N) is 1. The van der Waals surface area contributed by atoms with Crippen LogP contribution in [-0.4, -0.2) is 25.7 Å². The van der Waals surface area contributed by atoms with Gasteiger partial charge in [0.15, 0.2) is 0 Å². The smallest absolute Gasteiger partial charge is 0.305 e. The minimum Gasteiger partial charge on any atom is -0.466 e. The average molecular weight is 255 g/mol. The number of unbranched alkanes of at least 4 members (excludes halogenated alkanes) is 4. The minimum atomic E-state index is -0.00364. The van der Waals surface area contributed by atoms with Crippen molar-refractivity contribution >= 4 is 5.97 Å². The largest absolute Gasteiger partial charge is 0.466 e. The number of carbonyl (C=O) groups excluding carboxylic acids is 1. The SMILES string of the molecule is CCCCCCCOC(=O)CCC1CCCNC1. The summed E-state index contributed by atoms with van der Waals surface area (Å²) in [6.45, 7) is 5.04. The highest BCUT2D eigenvalue weighted by atomic mass is 16.5. The molecule has 0 radical (unpaired) electrons. The number of piperidine rings is 1. The van der Waals surface area contributed by atoms with E-state index in [0.29, 0.717) is 18.9 Å². The van der Waals surface area contributed by atoms with Crippen molar-refractivity contribution in [3.63, 3.8) is 0 Å². The van der Waals surface area contributed by atoms with Gasteiger partial charge in [-0.25, -0.2) is 0 Å². The van der Waals surface area contributed by atoms with Crippen LogP contribution in [0.5, 0.6) is 0 Å². The topological polar surface area (TPSA) is 38.3 Å². The molecule has 18 heavy (non-hydrogen) atoms. The van der Waals surface area contributed by atoms with Crippen LogP contribution in [0.15, 0.2) is 0 Å². The van der Waals surface area contributed by atoms with Crippen molar-refractivity contribution in [2.45, 2.75) is 64.7 Å². The summed E-state index contributed by atoms with van der Waals surface area (Å²) in [5.74, 6) is 0.673. The molecule has 1 N–H and O–H groups in total. The van der Waals surface area contributed by atoms with Crippen molar-refractivity contribution in [1.29, 1.82) is 0 Å². The van der Waals surface area contributed by atoms with Crippen LogP contribution in [-0.2, 0) is 9.53 Å². The van der Waals surface area contributed by atoms with Crippen LogP contribution >= 0.6 is 0 Å². The Morgan fingerprint density at radius 3 is 2.83 bits per heavy atom. The second-order valence-corrected chi connectivity index (χ2v) is 5.39. The van der Waals surface area contributed by atoms with E-state index in [9.17, 15) is 4.79 Å². The molecule has 0 saturated carbocycles. The monoisotopic (exact) mass is 255 g/mol. The molecular formula is C15H29NO2. The van der Waals surface area contributed by atoms with Crippen LogP contribution in [0.3, 0.4) is 0 Å². The van der Waals surface area contributed by atoms with Gasteiger partial charge >= 0.3 is 5.97 Å². The number of rotatable bonds is 9. The summed E-state index contributed by atoms with van der Waals surface area (Å²) >= 11 is 0. The maximum absolute atomic E-state index is 11.5. The molecule has 3 heteroatoms. The summed E-state index contributed by atoms with van der Waals surface area (Å²) < 4.78 is 5.25. The van der Waals surface area contributed by atoms with E-state index in [-0.39, 0.29) is 5.97 Å². The van der Waals surface area contributed by atoms with Gasteiger partial charge in [-0.05, 0) is 44.7 Å². The molecule has 0 aromatic carbocycles. The first kappa shape index (κ1) is 15.5. The highest BCUT2D eigenvalue weighted by Crippen LogP contribution is 2.16. The van der Waals surface area contributed by atoms with Gasteiger partial charge < -0.3 is 10.1 Å². The van der Waals surface area contributed by atoms with Gasteiger partial charge in [0, 0.05) is 6.42 Å². The van der Waals surface area contributed by atoms with Crippen LogP contribution in [0, 0.1) is 5.92 Å². The molecule has 1 atom stereocenters. The zero-order valence-corrected chi connectivity index (χ0v) is 11.9. The van der Waals surface area contributed by atoms with Crippen molar-refractivity contribution in [3.8, 4) is 0 Å². The molecule has 0 amide bonds. The maximum atomic E-state index is 11.5. The Labute approximate surface area is 112 Å². The Balaban J connectivity index is 1.90. The molecule has 0 aliphatic carbocycles. The van der Waals surface area contributed by atoms with Gasteiger partial charge in [0.25, 0.3) is 0 Å². The standard InChI is InChI=1S/C15H29NO2/c1-2-3-4-5-6-12-18-15(17)10-9-14-8-7-11-16-13-14/h14,16H,2-13H2,1H3. The van der Waals surface area contributed by atoms with Crippen molar-refractivity contribution < 1.29 is 9.53 Å². The molecule has 1 unspecified atom stereocenters. The van der Waals surface area contributed by atoms with Crippen LogP contribution in [0.4, 0.5) is 0 Å². The molecule has 106 valence electrons. The van der Waals surface area contributed by atoms with Gasteiger partial charge in [-0.2, -0.15) is 0 Å². The molecular weight excluding hydrogens is 226 g/mol. The molecule has 0 spiro atoms. The maximum Gasteiger partial charge on any atom is 0.305 e. The van der Waals surface area contributed by atoms with Gasteiger partial charge in [0.1, 0.15) is 0 Å². The molecule has 1 heterocycles. The van der Waals surface area contributed by atoms with E-state index in [4.69, 9.17) is 4.74 Å². The summed E-state index contributed by atoms with van der Waals surface area (Å²) in [5.41, 5.74) is 0. The average Bonchev–Trinajstić information content (AvgIpc) is 2.41. The molecule has 1 aliphatic rings. The van der Waals surface area contributed by atoms with Crippen molar-refractivity contribution in [2.24, 2.45) is 5.92 Å². The van der Waals surface area contributed by atoms with E-state index in [0.717, 1.165) is 25.9 Å². The van der Waals surface area contributed by atoms with E-state index in [1.54, 1.807) is 0 Å². The van der Waals surface area contributed by atoms with Crippen LogP contribution < -0.4 is 5.32 Å². The number of ether oxygens (including phenoxy) is 1. The zero-order valence-electron chi connectivity index (χ0n) is 11.9. The molecule has 0 aromatic rings. The van der Waals surface area contributed by atoms with Gasteiger partial charge in [0.05, 0.1) is 6.61 Å². The molecule has 1 rings (SSSR count). The lowest BCUT2D eigenvalue weighted by Gasteiger charge is -2.22. The molecule has 3 nitrogen and oxygen atoms in total. The number of hydrogen-bond acceptors (Lipinski definition) is 3. The summed E-state index contributed by atoms with van der Waals surface area (Å²) in [6.07, 6.45) is 10.1. The lowest BCUT2D eigenvalue weighted by atomic mass is 9.95. The first-order chi connectivity index (χ1) is 8.83. The fourth-order valence-electron chi connectivity index (χ4n) is 2.46. The van der Waals surface area contributed by atoms with Crippen molar-refractivity contribution in [2.75, 3.05) is 19.7 Å². The van der Waals surface area contributed by atoms with E-state index >= 15 is 0 Å². The first-order valence-electron chi connectivity index (χ1n) is 7.69. The zero-order chi connectivity index (χ0) is 13.1. The van der Waals surface area contributed by atoms with Gasteiger partial charge in [-0.1, -0.05) is 32.6 Å². The number of hydrogen-bond donors (Lipinski definition) is 1. The fraction of sp³-hybridized carbons (Fsp3) is 0.933. The van der Waals surface area contributed by atoms with Crippen molar-refractivity contribution in [3.05, 3.63) is 0 Å². The highest BCUT2D eigenvalue weighted by Gasteiger charge is 2.14. The quantitative estimate of drug-likeness (QED) is 0.507. The molecule has 1 saturated heterocycles. The fourth-order valence-corrected chi connectivity index (χ4v) is 2.46. The van der Waals surface area contributed by atoms with E-state index < -0.39 is 0 Å². The van der Waals surface area contributed by atoms with Crippen LogP contribution in [0.1, 0.15) is 64.7 Å². The Bertz CT molecular complexity index is 213. The summed E-state index contributed by atoms with van der Waals surface area (Å²) in [5, 5.41) is 3.38. The lowest BCUT2D eigenvalue weighted by molar-refractivity contribution is -0.144. The highest BCUT2D eigenvalue weighted by molar-refractivity contribution is 5.69. The van der Waals surface area contributed by atoms with Crippen LogP contribution in [0.2, 0.25) is 0 Å². The normalized spacial score (nSPS) is 19.7. The number of esters is 1. The molecule has 0 aromatic heterocycles. The molecule has 1 fully saturated rings. The first-order valence-corrected chi connectivity index (χ1v) is 7.69. The van der Waals surface area contributed by atoms with Gasteiger partial charge in [-0.3, -0.25) is 4.79 Å². The second-order valence-electron chi connectivity index (χ2n) is 5.39. The summed E-state index contributed by atoms with van der Waals surface area (Å²) in [7, 11) is 0. The van der Waals surface area contributed by atoms with Crippen LogP contribution in [0.25, 0.3) is 0 Å². The predicted molar refractivity (Wildman–Crippen MR) is 74.5 cm³/mol. The third kappa shape index (κ3) is 7.70. The molecule has 1 aliphatic heterocycles. The summed E-state index contributed by atoms with van der Waals surface area (Å²) in [4.78, 5) is 11.5. The summed E-state index contributed by atoms with van der Waals surface area (Å²) in [6, 6.07) is 0. The molecule has 0 bridgehead atoms. The Kier molecular flexibility index (Phi) is 8.92. The van der Waals surface area contributed by atoms with Crippen molar-refractivity contribution in [1.82, 2.24) is 5.32 Å². The Morgan fingerprint density at radius 1 is 1.28 bits per heavy atom. The van der Waals surface area contributed by atoms with E-state index in [1.165, 1.54) is 38.5 Å². The predicted octanol–water partition coefficient (Wildman–Crippen LogP) is 3.28. The third-order valence-corrected chi connectivity index (χ3v) is 3.67. The van der Waals surface area contributed by atoms with E-state index in [1.807, 2.05) is 0 Å². The van der Waals surface area contributed by atoms with Gasteiger partial charge in [-0.15, -0.1) is 0 Å². The third-order valence-electron chi connectivity index (χ3n) is 3.67. The minimum absolute atomic E-state index is 0.00364. The number of carbonyl (C=O) groups is 1. The Hall–Kier alpha value is -0.570. The lowest BCUT2D eigenvalue weighted by Crippen LogP contribution is -2.30. The van der Waals surface area contributed by atoms with E-state index in [2.05, 4.69) is 12.2 Å². The second kappa shape index (κ2) is 10.4.